The second-order valence-corrected chi connectivity index (χ2v) is 3.42. The summed E-state index contributed by atoms with van der Waals surface area (Å²) in [5.41, 5.74) is 3.62. The van der Waals surface area contributed by atoms with Crippen molar-refractivity contribution < 1.29 is 0 Å². The van der Waals surface area contributed by atoms with E-state index >= 15 is 0 Å². The maximum atomic E-state index is 5.73. The van der Waals surface area contributed by atoms with E-state index in [0.717, 1.165) is 18.5 Å². The first-order valence-corrected chi connectivity index (χ1v) is 4.84. The molecule has 0 aliphatic heterocycles. The van der Waals surface area contributed by atoms with Crippen molar-refractivity contribution in [3.05, 3.63) is 41.7 Å². The molecule has 1 unspecified atom stereocenters. The van der Waals surface area contributed by atoms with E-state index in [0.29, 0.717) is 5.02 Å². The molecule has 0 radical (unpaired) electrons. The number of rotatable bonds is 5. The van der Waals surface area contributed by atoms with Gasteiger partial charge in [0, 0.05) is 6.20 Å². The van der Waals surface area contributed by atoms with E-state index in [1.165, 1.54) is 0 Å². The highest BCUT2D eigenvalue weighted by Crippen LogP contribution is 2.17. The monoisotopic (exact) mass is 211 g/mol. The van der Waals surface area contributed by atoms with Gasteiger partial charge in [-0.1, -0.05) is 17.7 Å². The van der Waals surface area contributed by atoms with E-state index in [4.69, 9.17) is 17.4 Å². The van der Waals surface area contributed by atoms with Crippen LogP contribution in [0.5, 0.6) is 0 Å². The summed E-state index contributed by atoms with van der Waals surface area (Å²) < 4.78 is 0. The molecule has 0 saturated heterocycles. The van der Waals surface area contributed by atoms with Gasteiger partial charge in [-0.2, -0.15) is 0 Å². The molecule has 0 fully saturated rings. The largest absolute Gasteiger partial charge is 0.271 e. The lowest BCUT2D eigenvalue weighted by molar-refractivity contribution is 0.509. The van der Waals surface area contributed by atoms with E-state index < -0.39 is 0 Å². The molecule has 3 nitrogen and oxygen atoms in total. The molecule has 4 heteroatoms. The van der Waals surface area contributed by atoms with Crippen LogP contribution in [-0.2, 0) is 0 Å². The van der Waals surface area contributed by atoms with Crippen molar-refractivity contribution in [2.45, 2.75) is 18.9 Å². The zero-order valence-electron chi connectivity index (χ0n) is 7.91. The summed E-state index contributed by atoms with van der Waals surface area (Å²) in [5, 5.41) is 0.633. The Kier molecular flexibility index (Phi) is 4.59. The Balaban J connectivity index is 2.68. The molecule has 0 spiro atoms. The molecule has 0 bridgehead atoms. The molecule has 76 valence electrons. The van der Waals surface area contributed by atoms with Crippen molar-refractivity contribution in [3.8, 4) is 0 Å². The van der Waals surface area contributed by atoms with E-state index in [9.17, 15) is 0 Å². The number of hydrogen-bond acceptors (Lipinski definition) is 3. The van der Waals surface area contributed by atoms with E-state index in [-0.39, 0.29) is 6.04 Å². The van der Waals surface area contributed by atoms with Gasteiger partial charge in [0.05, 0.1) is 16.8 Å². The van der Waals surface area contributed by atoms with Gasteiger partial charge in [-0.05, 0) is 25.0 Å². The maximum Gasteiger partial charge on any atom is 0.0635 e. The highest BCUT2D eigenvalue weighted by Gasteiger charge is 2.09. The zero-order chi connectivity index (χ0) is 10.4. The number of nitrogens with one attached hydrogen (secondary N) is 1. The Morgan fingerprint density at radius 1 is 1.64 bits per heavy atom. The third-order valence-electron chi connectivity index (χ3n) is 1.97. The van der Waals surface area contributed by atoms with Gasteiger partial charge in [-0.15, -0.1) is 6.58 Å². The number of halogens is 1. The highest BCUT2D eigenvalue weighted by molar-refractivity contribution is 6.30. The van der Waals surface area contributed by atoms with Crippen molar-refractivity contribution in [2.24, 2.45) is 5.84 Å². The number of aromatic nitrogens is 1. The summed E-state index contributed by atoms with van der Waals surface area (Å²) >= 11 is 5.73. The van der Waals surface area contributed by atoms with Crippen molar-refractivity contribution in [1.29, 1.82) is 0 Å². The number of hydrogen-bond donors (Lipinski definition) is 2. The predicted molar refractivity (Wildman–Crippen MR) is 58.7 cm³/mol. The SMILES string of the molecule is C=CCCC(NN)c1ccc(Cl)cn1. The number of nitrogens with two attached hydrogens (primary N) is 1. The Bertz CT molecular complexity index is 284. The first-order chi connectivity index (χ1) is 6.77. The summed E-state index contributed by atoms with van der Waals surface area (Å²) in [6, 6.07) is 3.74. The Morgan fingerprint density at radius 3 is 2.93 bits per heavy atom. The topological polar surface area (TPSA) is 50.9 Å². The van der Waals surface area contributed by atoms with Crippen LogP contribution in [0.4, 0.5) is 0 Å². The quantitative estimate of drug-likeness (QED) is 0.446. The molecule has 3 N–H and O–H groups in total. The van der Waals surface area contributed by atoms with Gasteiger partial charge in [-0.25, -0.2) is 0 Å². The summed E-state index contributed by atoms with van der Waals surface area (Å²) in [6.45, 7) is 3.66. The van der Waals surface area contributed by atoms with Gasteiger partial charge < -0.3 is 0 Å². The molecule has 1 rings (SSSR count). The first kappa shape index (κ1) is 11.2. The average Bonchev–Trinajstić information content (AvgIpc) is 2.21. The Morgan fingerprint density at radius 2 is 2.43 bits per heavy atom. The van der Waals surface area contributed by atoms with E-state index in [1.807, 2.05) is 18.2 Å². The van der Waals surface area contributed by atoms with Crippen molar-refractivity contribution in [3.63, 3.8) is 0 Å². The fourth-order valence-corrected chi connectivity index (χ4v) is 1.31. The molecule has 0 saturated carbocycles. The second kappa shape index (κ2) is 5.75. The maximum absolute atomic E-state index is 5.73. The van der Waals surface area contributed by atoms with Gasteiger partial charge in [0.25, 0.3) is 0 Å². The van der Waals surface area contributed by atoms with Crippen LogP contribution in [0.3, 0.4) is 0 Å². The lowest BCUT2D eigenvalue weighted by atomic mass is 10.1. The third-order valence-corrected chi connectivity index (χ3v) is 2.19. The van der Waals surface area contributed by atoms with Gasteiger partial charge in [0.1, 0.15) is 0 Å². The smallest absolute Gasteiger partial charge is 0.0635 e. The zero-order valence-corrected chi connectivity index (χ0v) is 8.67. The molecule has 1 aromatic rings. The molecule has 1 heterocycles. The summed E-state index contributed by atoms with van der Waals surface area (Å²) in [7, 11) is 0. The van der Waals surface area contributed by atoms with Crippen molar-refractivity contribution in [1.82, 2.24) is 10.4 Å². The van der Waals surface area contributed by atoms with Crippen LogP contribution >= 0.6 is 11.6 Å². The lowest BCUT2D eigenvalue weighted by Gasteiger charge is -2.13. The van der Waals surface area contributed by atoms with Crippen LogP contribution in [0, 0.1) is 0 Å². The molecule has 1 atom stereocenters. The van der Waals surface area contributed by atoms with Gasteiger partial charge in [-0.3, -0.25) is 16.3 Å². The van der Waals surface area contributed by atoms with Crippen molar-refractivity contribution >= 4 is 11.6 Å². The molecular formula is C10H14ClN3. The lowest BCUT2D eigenvalue weighted by Crippen LogP contribution is -2.28. The van der Waals surface area contributed by atoms with Crippen LogP contribution in [0.2, 0.25) is 5.02 Å². The molecular weight excluding hydrogens is 198 g/mol. The minimum absolute atomic E-state index is 0.0604. The highest BCUT2D eigenvalue weighted by atomic mass is 35.5. The third kappa shape index (κ3) is 3.10. The minimum atomic E-state index is 0.0604. The number of hydrazine groups is 1. The minimum Gasteiger partial charge on any atom is -0.271 e. The Labute approximate surface area is 88.9 Å². The average molecular weight is 212 g/mol. The first-order valence-electron chi connectivity index (χ1n) is 4.46. The number of allylic oxidation sites excluding steroid dienone is 1. The number of nitrogens with zero attached hydrogens (tertiary/aromatic N) is 1. The summed E-state index contributed by atoms with van der Waals surface area (Å²) in [6.07, 6.45) is 5.27. The van der Waals surface area contributed by atoms with Crippen molar-refractivity contribution in [2.75, 3.05) is 0 Å². The Hall–Kier alpha value is -0.900. The van der Waals surface area contributed by atoms with Gasteiger partial charge >= 0.3 is 0 Å². The molecule has 1 aromatic heterocycles. The van der Waals surface area contributed by atoms with E-state index in [2.05, 4.69) is 17.0 Å². The normalized spacial score (nSPS) is 12.4. The summed E-state index contributed by atoms with van der Waals surface area (Å²) in [5.74, 6) is 5.43. The predicted octanol–water partition coefficient (Wildman–Crippen LogP) is 2.21. The van der Waals surface area contributed by atoms with Crippen LogP contribution in [0.15, 0.2) is 31.0 Å². The standard InChI is InChI=1S/C10H14ClN3/c1-2-3-4-10(14-12)9-6-5-8(11)7-13-9/h2,5-7,10,14H,1,3-4,12H2. The molecule has 0 aliphatic carbocycles. The van der Waals surface area contributed by atoms with Crippen LogP contribution in [0.1, 0.15) is 24.6 Å². The number of pyridine rings is 1. The van der Waals surface area contributed by atoms with Crippen LogP contribution in [0.25, 0.3) is 0 Å². The molecule has 14 heavy (non-hydrogen) atoms. The van der Waals surface area contributed by atoms with Crippen LogP contribution in [-0.4, -0.2) is 4.98 Å². The van der Waals surface area contributed by atoms with Gasteiger partial charge in [0.2, 0.25) is 0 Å². The van der Waals surface area contributed by atoms with E-state index in [1.54, 1.807) is 6.20 Å². The molecule has 0 aromatic carbocycles. The molecule has 0 amide bonds. The van der Waals surface area contributed by atoms with Gasteiger partial charge in [0.15, 0.2) is 0 Å². The second-order valence-electron chi connectivity index (χ2n) is 2.99. The van der Waals surface area contributed by atoms with Crippen LogP contribution < -0.4 is 11.3 Å². The molecule has 0 aliphatic rings. The summed E-state index contributed by atoms with van der Waals surface area (Å²) in [4.78, 5) is 4.19. The fraction of sp³-hybridized carbons (Fsp3) is 0.300. The fourth-order valence-electron chi connectivity index (χ4n) is 1.19.